The summed E-state index contributed by atoms with van der Waals surface area (Å²) in [5, 5.41) is 5.55. The maximum Gasteiger partial charge on any atom is 0.319 e. The average molecular weight is 354 g/mol. The van der Waals surface area contributed by atoms with E-state index < -0.39 is 0 Å². The zero-order valence-electron chi connectivity index (χ0n) is 14.0. The molecule has 134 valence electrons. The molecule has 3 amide bonds. The highest BCUT2D eigenvalue weighted by atomic mass is 16.6. The van der Waals surface area contributed by atoms with E-state index in [1.807, 2.05) is 6.07 Å². The molecule has 0 saturated carbocycles. The number of carbonyl (C=O) groups is 2. The van der Waals surface area contributed by atoms with Crippen molar-refractivity contribution in [3.63, 3.8) is 0 Å². The minimum Gasteiger partial charge on any atom is -0.486 e. The zero-order chi connectivity index (χ0) is 17.9. The first-order valence-corrected chi connectivity index (χ1v) is 8.36. The van der Waals surface area contributed by atoms with Gasteiger partial charge in [-0.25, -0.2) is 4.79 Å². The minimum absolute atomic E-state index is 0.0455. The number of aromatic nitrogens is 1. The molecule has 1 atom stereocenters. The summed E-state index contributed by atoms with van der Waals surface area (Å²) in [7, 11) is 0. The van der Waals surface area contributed by atoms with Gasteiger partial charge < -0.3 is 25.0 Å². The number of urea groups is 1. The zero-order valence-corrected chi connectivity index (χ0v) is 14.0. The second kappa shape index (κ2) is 6.91. The molecule has 2 N–H and O–H groups in total. The van der Waals surface area contributed by atoms with Crippen molar-refractivity contribution in [2.45, 2.75) is 12.5 Å². The van der Waals surface area contributed by atoms with Crippen molar-refractivity contribution < 1.29 is 19.1 Å². The molecule has 2 aliphatic heterocycles. The normalized spacial score (nSPS) is 18.5. The van der Waals surface area contributed by atoms with Crippen LogP contribution in [0.5, 0.6) is 11.5 Å². The van der Waals surface area contributed by atoms with Crippen molar-refractivity contribution in [1.29, 1.82) is 0 Å². The van der Waals surface area contributed by atoms with Gasteiger partial charge in [0.2, 0.25) is 5.91 Å². The number of hydrogen-bond acceptors (Lipinski definition) is 5. The Morgan fingerprint density at radius 3 is 2.69 bits per heavy atom. The lowest BCUT2D eigenvalue weighted by molar-refractivity contribution is -0.117. The van der Waals surface area contributed by atoms with Crippen molar-refractivity contribution in [3.8, 4) is 11.5 Å². The van der Waals surface area contributed by atoms with E-state index in [2.05, 4.69) is 15.6 Å². The van der Waals surface area contributed by atoms with Crippen molar-refractivity contribution >= 4 is 23.3 Å². The number of rotatable bonds is 3. The molecule has 4 rings (SSSR count). The molecule has 8 heteroatoms. The van der Waals surface area contributed by atoms with Gasteiger partial charge in [0, 0.05) is 42.8 Å². The van der Waals surface area contributed by atoms with Crippen molar-refractivity contribution in [2.75, 3.05) is 30.0 Å². The molecule has 0 unspecified atom stereocenters. The predicted molar refractivity (Wildman–Crippen MR) is 94.6 cm³/mol. The van der Waals surface area contributed by atoms with Gasteiger partial charge in [-0.1, -0.05) is 0 Å². The average Bonchev–Trinajstić information content (AvgIpc) is 3.02. The Morgan fingerprint density at radius 2 is 1.88 bits per heavy atom. The third-order valence-corrected chi connectivity index (χ3v) is 4.24. The molecule has 8 nitrogen and oxygen atoms in total. The Hall–Kier alpha value is -3.29. The van der Waals surface area contributed by atoms with Crippen molar-refractivity contribution in [1.82, 2.24) is 10.3 Å². The van der Waals surface area contributed by atoms with Crippen LogP contribution in [0.2, 0.25) is 0 Å². The monoisotopic (exact) mass is 354 g/mol. The SMILES string of the molecule is O=C(Nc1ccncc1)N[C@@H]1CC(=O)N(c2ccc3c(c2)OCCO3)C1. The number of benzene rings is 1. The van der Waals surface area contributed by atoms with E-state index in [9.17, 15) is 9.59 Å². The summed E-state index contributed by atoms with van der Waals surface area (Å²) in [6, 6.07) is 8.20. The maximum absolute atomic E-state index is 12.4. The van der Waals surface area contributed by atoms with Gasteiger partial charge in [-0.3, -0.25) is 9.78 Å². The molecule has 2 aliphatic rings. The quantitative estimate of drug-likeness (QED) is 0.876. The highest BCUT2D eigenvalue weighted by molar-refractivity contribution is 5.98. The molecule has 0 radical (unpaired) electrons. The van der Waals surface area contributed by atoms with Gasteiger partial charge in [-0.2, -0.15) is 0 Å². The fourth-order valence-corrected chi connectivity index (χ4v) is 3.04. The number of nitrogens with zero attached hydrogens (tertiary/aromatic N) is 2. The summed E-state index contributed by atoms with van der Waals surface area (Å²) in [5.41, 5.74) is 1.38. The fraction of sp³-hybridized carbons (Fsp3) is 0.278. The van der Waals surface area contributed by atoms with Crippen LogP contribution in [-0.2, 0) is 4.79 Å². The first kappa shape index (κ1) is 16.2. The summed E-state index contributed by atoms with van der Waals surface area (Å²) in [5.74, 6) is 1.27. The third-order valence-electron chi connectivity index (χ3n) is 4.24. The van der Waals surface area contributed by atoms with Gasteiger partial charge in [0.25, 0.3) is 0 Å². The summed E-state index contributed by atoms with van der Waals surface area (Å²) in [6.07, 6.45) is 3.44. The largest absolute Gasteiger partial charge is 0.486 e. The Bertz CT molecular complexity index is 827. The van der Waals surface area contributed by atoms with Crippen molar-refractivity contribution in [3.05, 3.63) is 42.7 Å². The van der Waals surface area contributed by atoms with Crippen LogP contribution in [0, 0.1) is 0 Å². The Morgan fingerprint density at radius 1 is 1.12 bits per heavy atom. The Kier molecular flexibility index (Phi) is 4.30. The summed E-state index contributed by atoms with van der Waals surface area (Å²) in [4.78, 5) is 30.0. The van der Waals surface area contributed by atoms with Gasteiger partial charge in [0.05, 0.1) is 6.04 Å². The van der Waals surface area contributed by atoms with Gasteiger partial charge in [0.1, 0.15) is 13.2 Å². The van der Waals surface area contributed by atoms with E-state index >= 15 is 0 Å². The predicted octanol–water partition coefficient (Wildman–Crippen LogP) is 1.78. The first-order valence-electron chi connectivity index (χ1n) is 8.36. The van der Waals surface area contributed by atoms with E-state index in [0.29, 0.717) is 36.9 Å². The molecule has 1 aromatic heterocycles. The first-order chi connectivity index (χ1) is 12.7. The van der Waals surface area contributed by atoms with Crippen LogP contribution in [0.25, 0.3) is 0 Å². The summed E-state index contributed by atoms with van der Waals surface area (Å²) in [6.45, 7) is 1.42. The number of amides is 3. The molecule has 0 aliphatic carbocycles. The molecule has 0 spiro atoms. The number of fused-ring (bicyclic) bond motifs is 1. The van der Waals surface area contributed by atoms with Gasteiger partial charge in [-0.05, 0) is 24.3 Å². The summed E-state index contributed by atoms with van der Waals surface area (Å²) >= 11 is 0. The molecule has 1 saturated heterocycles. The van der Waals surface area contributed by atoms with Crippen LogP contribution in [0.1, 0.15) is 6.42 Å². The number of carbonyl (C=O) groups excluding carboxylic acids is 2. The Labute approximate surface area is 150 Å². The lowest BCUT2D eigenvalue weighted by atomic mass is 10.2. The second-order valence-corrected chi connectivity index (χ2v) is 6.07. The van der Waals surface area contributed by atoms with Crippen LogP contribution in [-0.4, -0.2) is 42.7 Å². The number of hydrogen-bond donors (Lipinski definition) is 2. The van der Waals surface area contributed by atoms with Gasteiger partial charge in [0.15, 0.2) is 11.5 Å². The van der Waals surface area contributed by atoms with Gasteiger partial charge >= 0.3 is 6.03 Å². The van der Waals surface area contributed by atoms with Crippen molar-refractivity contribution in [2.24, 2.45) is 0 Å². The molecule has 1 aromatic carbocycles. The van der Waals surface area contributed by atoms with E-state index in [0.717, 1.165) is 5.69 Å². The van der Waals surface area contributed by atoms with Crippen LogP contribution < -0.4 is 25.0 Å². The number of pyridine rings is 1. The fourth-order valence-electron chi connectivity index (χ4n) is 3.04. The van der Waals surface area contributed by atoms with E-state index in [-0.39, 0.29) is 24.4 Å². The van der Waals surface area contributed by atoms with Gasteiger partial charge in [-0.15, -0.1) is 0 Å². The lowest BCUT2D eigenvalue weighted by Gasteiger charge is -2.22. The van der Waals surface area contributed by atoms with Crippen LogP contribution in [0.4, 0.5) is 16.2 Å². The minimum atomic E-state index is -0.349. The number of nitrogens with one attached hydrogen (secondary N) is 2. The molecule has 3 heterocycles. The molecule has 2 aromatic rings. The topological polar surface area (TPSA) is 92.8 Å². The molecule has 26 heavy (non-hydrogen) atoms. The second-order valence-electron chi connectivity index (χ2n) is 6.07. The molecular formula is C18H18N4O4. The molecular weight excluding hydrogens is 336 g/mol. The highest BCUT2D eigenvalue weighted by Gasteiger charge is 2.32. The molecule has 0 bridgehead atoms. The molecule has 1 fully saturated rings. The van der Waals surface area contributed by atoms with Crippen LogP contribution in [0.15, 0.2) is 42.7 Å². The van der Waals surface area contributed by atoms with Crippen LogP contribution >= 0.6 is 0 Å². The van der Waals surface area contributed by atoms with Crippen LogP contribution in [0.3, 0.4) is 0 Å². The Balaban J connectivity index is 1.40. The maximum atomic E-state index is 12.4. The number of ether oxygens (including phenoxy) is 2. The number of anilines is 2. The smallest absolute Gasteiger partial charge is 0.319 e. The van der Waals surface area contributed by atoms with E-state index in [4.69, 9.17) is 9.47 Å². The third kappa shape index (κ3) is 3.39. The summed E-state index contributed by atoms with van der Waals surface area (Å²) < 4.78 is 11.1. The van der Waals surface area contributed by atoms with E-state index in [1.165, 1.54) is 0 Å². The standard InChI is InChI=1S/C18H18N4O4/c23-17-9-13(21-18(24)20-12-3-5-19-6-4-12)11-22(17)14-1-2-15-16(10-14)26-8-7-25-15/h1-6,10,13H,7-9,11H2,(H2,19,20,21,24)/t13-/m1/s1. The van der Waals surface area contributed by atoms with E-state index in [1.54, 1.807) is 41.6 Å². The lowest BCUT2D eigenvalue weighted by Crippen LogP contribution is -2.39. The highest BCUT2D eigenvalue weighted by Crippen LogP contribution is 2.35.